The largest absolute Gasteiger partial charge is 0.460 e. The first-order valence-corrected chi connectivity index (χ1v) is 3.83. The molecule has 0 rings (SSSR count). The van der Waals surface area contributed by atoms with Gasteiger partial charge in [0.1, 0.15) is 6.10 Å². The van der Waals surface area contributed by atoms with Crippen LogP contribution in [0.3, 0.4) is 0 Å². The topological polar surface area (TPSA) is 46.5 Å². The normalized spacial score (nSPS) is 16.2. The predicted molar refractivity (Wildman–Crippen MR) is 42.1 cm³/mol. The third kappa shape index (κ3) is 3.98. The van der Waals surface area contributed by atoms with Gasteiger partial charge in [-0.25, -0.2) is 0 Å². The summed E-state index contributed by atoms with van der Waals surface area (Å²) in [7, 11) is 0. The van der Waals surface area contributed by atoms with Gasteiger partial charge in [-0.15, -0.1) is 0 Å². The minimum absolute atomic E-state index is 0.129. The highest BCUT2D eigenvalue weighted by Gasteiger charge is 2.16. The molecule has 1 N–H and O–H groups in total. The van der Waals surface area contributed by atoms with Crippen LogP contribution in [0.15, 0.2) is 0 Å². The molecule has 0 aromatic rings. The van der Waals surface area contributed by atoms with Gasteiger partial charge in [0.2, 0.25) is 0 Å². The molecular formula is C8H16O3. The summed E-state index contributed by atoms with van der Waals surface area (Å²) in [4.78, 5) is 10.9. The number of aliphatic hydroxyl groups excluding tert-OH is 1. The van der Waals surface area contributed by atoms with Crippen molar-refractivity contribution in [3.8, 4) is 0 Å². The van der Waals surface area contributed by atoms with Crippen LogP contribution in [0.4, 0.5) is 0 Å². The second-order valence-corrected chi connectivity index (χ2v) is 3.04. The number of hydrogen-bond donors (Lipinski definition) is 1. The van der Waals surface area contributed by atoms with Crippen LogP contribution in [0, 0.1) is 5.92 Å². The molecule has 0 unspecified atom stereocenters. The molecule has 66 valence electrons. The SMILES string of the molecule is CC(C)C(=O)O[C@@H](C)[C@@H](C)O. The van der Waals surface area contributed by atoms with Crippen LogP contribution in [-0.4, -0.2) is 23.3 Å². The summed E-state index contributed by atoms with van der Waals surface area (Å²) >= 11 is 0. The maximum absolute atomic E-state index is 10.9. The molecule has 3 nitrogen and oxygen atoms in total. The van der Waals surface area contributed by atoms with E-state index in [1.54, 1.807) is 27.7 Å². The van der Waals surface area contributed by atoms with Gasteiger partial charge in [0.25, 0.3) is 0 Å². The van der Waals surface area contributed by atoms with Gasteiger partial charge in [-0.05, 0) is 13.8 Å². The number of carbonyl (C=O) groups is 1. The van der Waals surface area contributed by atoms with Gasteiger partial charge in [-0.2, -0.15) is 0 Å². The minimum atomic E-state index is -0.599. The Bertz CT molecular complexity index is 129. The van der Waals surface area contributed by atoms with Crippen molar-refractivity contribution in [3.63, 3.8) is 0 Å². The molecule has 0 aliphatic rings. The molecule has 11 heavy (non-hydrogen) atoms. The first-order chi connectivity index (χ1) is 4.95. The Morgan fingerprint density at radius 3 is 2.00 bits per heavy atom. The lowest BCUT2D eigenvalue weighted by atomic mass is 10.2. The Kier molecular flexibility index (Phi) is 4.11. The molecule has 0 aromatic carbocycles. The molecular weight excluding hydrogens is 144 g/mol. The van der Waals surface area contributed by atoms with Crippen LogP contribution in [0.2, 0.25) is 0 Å². The summed E-state index contributed by atoms with van der Waals surface area (Å²) in [6.07, 6.45) is -1.01. The fourth-order valence-corrected chi connectivity index (χ4v) is 0.418. The van der Waals surface area contributed by atoms with E-state index in [2.05, 4.69) is 0 Å². The number of esters is 1. The molecule has 0 spiro atoms. The third-order valence-electron chi connectivity index (χ3n) is 1.45. The van der Waals surface area contributed by atoms with Crippen molar-refractivity contribution in [2.24, 2.45) is 5.92 Å². The second kappa shape index (κ2) is 4.34. The Balaban J connectivity index is 3.76. The highest BCUT2D eigenvalue weighted by Crippen LogP contribution is 2.03. The highest BCUT2D eigenvalue weighted by molar-refractivity contribution is 5.71. The predicted octanol–water partition coefficient (Wildman–Crippen LogP) is 0.955. The number of carbonyl (C=O) groups excluding carboxylic acids is 1. The third-order valence-corrected chi connectivity index (χ3v) is 1.45. The van der Waals surface area contributed by atoms with Crippen molar-refractivity contribution >= 4 is 5.97 Å². The van der Waals surface area contributed by atoms with Gasteiger partial charge in [-0.1, -0.05) is 13.8 Å². The molecule has 0 heterocycles. The van der Waals surface area contributed by atoms with E-state index in [0.717, 1.165) is 0 Å². The van der Waals surface area contributed by atoms with Crippen molar-refractivity contribution < 1.29 is 14.6 Å². The van der Waals surface area contributed by atoms with E-state index in [0.29, 0.717) is 0 Å². The summed E-state index contributed by atoms with van der Waals surface area (Å²) in [6, 6.07) is 0. The maximum Gasteiger partial charge on any atom is 0.308 e. The molecule has 0 aliphatic carbocycles. The zero-order valence-electron chi connectivity index (χ0n) is 7.50. The molecule has 0 aliphatic heterocycles. The molecule has 0 aromatic heterocycles. The van der Waals surface area contributed by atoms with Crippen LogP contribution in [0.5, 0.6) is 0 Å². The molecule has 0 amide bonds. The van der Waals surface area contributed by atoms with Crippen LogP contribution in [0.1, 0.15) is 27.7 Å². The zero-order chi connectivity index (χ0) is 9.02. The maximum atomic E-state index is 10.9. The van der Waals surface area contributed by atoms with E-state index >= 15 is 0 Å². The lowest BCUT2D eigenvalue weighted by Crippen LogP contribution is -2.27. The standard InChI is InChI=1S/C8H16O3/c1-5(2)8(10)11-7(4)6(3)9/h5-7,9H,1-4H3/t6-,7+/m1/s1. The van der Waals surface area contributed by atoms with Crippen LogP contribution in [0.25, 0.3) is 0 Å². The van der Waals surface area contributed by atoms with Crippen LogP contribution >= 0.6 is 0 Å². The fraction of sp³-hybridized carbons (Fsp3) is 0.875. The Labute approximate surface area is 67.4 Å². The first-order valence-electron chi connectivity index (χ1n) is 3.83. The highest BCUT2D eigenvalue weighted by atomic mass is 16.6. The van der Waals surface area contributed by atoms with Gasteiger partial charge in [0.05, 0.1) is 12.0 Å². The summed E-state index contributed by atoms with van der Waals surface area (Å²) in [5, 5.41) is 8.97. The minimum Gasteiger partial charge on any atom is -0.460 e. The van der Waals surface area contributed by atoms with Gasteiger partial charge in [-0.3, -0.25) is 4.79 Å². The average molecular weight is 160 g/mol. The molecule has 0 fully saturated rings. The molecule has 0 radical (unpaired) electrons. The van der Waals surface area contributed by atoms with E-state index in [1.165, 1.54) is 0 Å². The van der Waals surface area contributed by atoms with E-state index in [-0.39, 0.29) is 11.9 Å². The van der Waals surface area contributed by atoms with Crippen LogP contribution in [-0.2, 0) is 9.53 Å². The quantitative estimate of drug-likeness (QED) is 0.625. The van der Waals surface area contributed by atoms with E-state index < -0.39 is 12.2 Å². The van der Waals surface area contributed by atoms with E-state index in [1.807, 2.05) is 0 Å². The van der Waals surface area contributed by atoms with E-state index in [9.17, 15) is 4.79 Å². The lowest BCUT2D eigenvalue weighted by molar-refractivity contribution is -0.156. The van der Waals surface area contributed by atoms with Crippen molar-refractivity contribution in [3.05, 3.63) is 0 Å². The van der Waals surface area contributed by atoms with Crippen LogP contribution < -0.4 is 0 Å². The Morgan fingerprint density at radius 1 is 1.27 bits per heavy atom. The molecule has 0 bridgehead atoms. The lowest BCUT2D eigenvalue weighted by Gasteiger charge is -2.16. The van der Waals surface area contributed by atoms with Crippen molar-refractivity contribution in [1.82, 2.24) is 0 Å². The summed E-state index contributed by atoms with van der Waals surface area (Å²) in [6.45, 7) is 6.79. The Morgan fingerprint density at radius 2 is 1.73 bits per heavy atom. The molecule has 0 saturated heterocycles. The number of rotatable bonds is 3. The van der Waals surface area contributed by atoms with Crippen molar-refractivity contribution in [1.29, 1.82) is 0 Å². The van der Waals surface area contributed by atoms with Crippen molar-refractivity contribution in [2.75, 3.05) is 0 Å². The Hall–Kier alpha value is -0.570. The van der Waals surface area contributed by atoms with Gasteiger partial charge in [0, 0.05) is 0 Å². The number of hydrogen-bond acceptors (Lipinski definition) is 3. The second-order valence-electron chi connectivity index (χ2n) is 3.04. The fourth-order valence-electron chi connectivity index (χ4n) is 0.418. The van der Waals surface area contributed by atoms with E-state index in [4.69, 9.17) is 9.84 Å². The summed E-state index contributed by atoms with van der Waals surface area (Å²) in [5.74, 6) is -0.394. The average Bonchev–Trinajstić information content (AvgIpc) is 1.87. The monoisotopic (exact) mass is 160 g/mol. The van der Waals surface area contributed by atoms with Gasteiger partial charge in [0.15, 0.2) is 0 Å². The molecule has 2 atom stereocenters. The first kappa shape index (κ1) is 10.4. The summed E-state index contributed by atoms with van der Waals surface area (Å²) in [5.41, 5.74) is 0. The molecule has 0 saturated carbocycles. The molecule has 3 heteroatoms. The smallest absolute Gasteiger partial charge is 0.308 e. The number of ether oxygens (including phenoxy) is 1. The summed E-state index contributed by atoms with van der Waals surface area (Å²) < 4.78 is 4.88. The van der Waals surface area contributed by atoms with Gasteiger partial charge < -0.3 is 9.84 Å². The zero-order valence-corrected chi connectivity index (χ0v) is 7.50. The van der Waals surface area contributed by atoms with Gasteiger partial charge >= 0.3 is 5.97 Å². The number of aliphatic hydroxyl groups is 1. The van der Waals surface area contributed by atoms with Crippen molar-refractivity contribution in [2.45, 2.75) is 39.9 Å².